The largest absolute Gasteiger partial charge is 0.493 e. The van der Waals surface area contributed by atoms with Crippen molar-refractivity contribution in [2.75, 3.05) is 33.9 Å². The fraction of sp³-hybridized carbons (Fsp3) is 0.417. The average Bonchev–Trinajstić information content (AvgIpc) is 2.80. The second-order valence-corrected chi connectivity index (χ2v) is 8.24. The summed E-state index contributed by atoms with van der Waals surface area (Å²) < 4.78 is 16.2. The van der Waals surface area contributed by atoms with Crippen molar-refractivity contribution in [1.29, 1.82) is 0 Å². The molecule has 7 nitrogen and oxygen atoms in total. The average molecular weight is 461 g/mol. The van der Waals surface area contributed by atoms with Crippen LogP contribution < -0.4 is 19.5 Å². The first-order chi connectivity index (χ1) is 15.3. The monoisotopic (exact) mass is 460 g/mol. The third-order valence-corrected chi connectivity index (χ3v) is 6.20. The summed E-state index contributed by atoms with van der Waals surface area (Å²) in [6.07, 6.45) is 1.37. The fourth-order valence-corrected chi connectivity index (χ4v) is 3.85. The van der Waals surface area contributed by atoms with Gasteiger partial charge in [-0.1, -0.05) is 11.6 Å². The van der Waals surface area contributed by atoms with Crippen molar-refractivity contribution in [3.8, 4) is 17.2 Å². The Balaban J connectivity index is 1.48. The maximum absolute atomic E-state index is 12.6. The van der Waals surface area contributed by atoms with E-state index < -0.39 is 0 Å². The maximum Gasteiger partial charge on any atom is 0.260 e. The zero-order valence-corrected chi connectivity index (χ0v) is 19.6. The quantitative estimate of drug-likeness (QED) is 0.680. The minimum atomic E-state index is -0.174. The number of ether oxygens (including phenoxy) is 3. The van der Waals surface area contributed by atoms with Crippen LogP contribution in [0.3, 0.4) is 0 Å². The first-order valence-corrected chi connectivity index (χ1v) is 10.9. The summed E-state index contributed by atoms with van der Waals surface area (Å²) in [5, 5.41) is 3.75. The van der Waals surface area contributed by atoms with Crippen LogP contribution in [0.25, 0.3) is 0 Å². The molecule has 1 aliphatic heterocycles. The standard InChI is InChI=1S/C24H29ClN2O5/c1-15-11-19(12-16(2)23(15)25)32-14-22(28)27-9-7-18(8-10-27)26-24(29)17-5-6-20(30-3)21(13-17)31-4/h5-6,11-13,18H,7-10,14H2,1-4H3,(H,26,29). The topological polar surface area (TPSA) is 77.1 Å². The molecule has 0 aliphatic carbocycles. The number of hydrogen-bond donors (Lipinski definition) is 1. The van der Waals surface area contributed by atoms with Crippen molar-refractivity contribution in [3.63, 3.8) is 0 Å². The number of rotatable bonds is 7. The van der Waals surface area contributed by atoms with Gasteiger partial charge >= 0.3 is 0 Å². The van der Waals surface area contributed by atoms with E-state index in [0.717, 1.165) is 11.1 Å². The molecule has 0 aromatic heterocycles. The minimum Gasteiger partial charge on any atom is -0.493 e. The Hall–Kier alpha value is -2.93. The molecule has 2 aromatic rings. The lowest BCUT2D eigenvalue weighted by Gasteiger charge is -2.32. The summed E-state index contributed by atoms with van der Waals surface area (Å²) in [5.41, 5.74) is 2.34. The molecule has 1 aliphatic rings. The summed E-state index contributed by atoms with van der Waals surface area (Å²) in [4.78, 5) is 26.9. The van der Waals surface area contributed by atoms with Gasteiger partial charge in [0.1, 0.15) is 5.75 Å². The zero-order valence-electron chi connectivity index (χ0n) is 18.9. The Labute approximate surface area is 193 Å². The molecule has 8 heteroatoms. The molecule has 3 rings (SSSR count). The summed E-state index contributed by atoms with van der Waals surface area (Å²) >= 11 is 6.18. The van der Waals surface area contributed by atoms with E-state index in [1.165, 1.54) is 7.11 Å². The van der Waals surface area contributed by atoms with Gasteiger partial charge in [0.25, 0.3) is 11.8 Å². The molecule has 1 fully saturated rings. The predicted molar refractivity (Wildman–Crippen MR) is 123 cm³/mol. The lowest BCUT2D eigenvalue weighted by Crippen LogP contribution is -2.47. The summed E-state index contributed by atoms with van der Waals surface area (Å²) in [7, 11) is 3.08. The number of benzene rings is 2. The van der Waals surface area contributed by atoms with Crippen molar-refractivity contribution >= 4 is 23.4 Å². The Morgan fingerprint density at radius 2 is 1.66 bits per heavy atom. The second-order valence-electron chi connectivity index (χ2n) is 7.86. The highest BCUT2D eigenvalue weighted by Gasteiger charge is 2.25. The van der Waals surface area contributed by atoms with Gasteiger partial charge in [0, 0.05) is 29.7 Å². The highest BCUT2D eigenvalue weighted by Crippen LogP contribution is 2.28. The van der Waals surface area contributed by atoms with Crippen molar-refractivity contribution < 1.29 is 23.8 Å². The molecule has 32 heavy (non-hydrogen) atoms. The molecular formula is C24H29ClN2O5. The van der Waals surface area contributed by atoms with E-state index in [1.807, 2.05) is 26.0 Å². The molecule has 0 saturated carbocycles. The molecule has 172 valence electrons. The number of nitrogens with one attached hydrogen (secondary N) is 1. The number of amides is 2. The minimum absolute atomic E-state index is 0.00197. The summed E-state index contributed by atoms with van der Waals surface area (Å²) in [6.45, 7) is 4.93. The summed E-state index contributed by atoms with van der Waals surface area (Å²) in [6, 6.07) is 8.73. The Morgan fingerprint density at radius 1 is 1.03 bits per heavy atom. The van der Waals surface area contributed by atoms with E-state index in [0.29, 0.717) is 53.8 Å². The van der Waals surface area contributed by atoms with E-state index in [2.05, 4.69) is 5.32 Å². The van der Waals surface area contributed by atoms with Crippen LogP contribution in [-0.2, 0) is 4.79 Å². The molecule has 0 bridgehead atoms. The third kappa shape index (κ3) is 5.65. The van der Waals surface area contributed by atoms with Gasteiger partial charge in [-0.25, -0.2) is 0 Å². The second kappa shape index (κ2) is 10.6. The normalized spacial score (nSPS) is 14.1. The van der Waals surface area contributed by atoms with Crippen LogP contribution in [0.5, 0.6) is 17.2 Å². The van der Waals surface area contributed by atoms with Gasteiger partial charge in [-0.15, -0.1) is 0 Å². The lowest BCUT2D eigenvalue weighted by molar-refractivity contribution is -0.134. The van der Waals surface area contributed by atoms with Gasteiger partial charge in [0.2, 0.25) is 0 Å². The van der Waals surface area contributed by atoms with Crippen molar-refractivity contribution in [1.82, 2.24) is 10.2 Å². The van der Waals surface area contributed by atoms with Crippen molar-refractivity contribution in [2.24, 2.45) is 0 Å². The first-order valence-electron chi connectivity index (χ1n) is 10.5. The number of methoxy groups -OCH3 is 2. The SMILES string of the molecule is COc1ccc(C(=O)NC2CCN(C(=O)COc3cc(C)c(Cl)c(C)c3)CC2)cc1OC. The number of hydrogen-bond acceptors (Lipinski definition) is 5. The van der Waals surface area contributed by atoms with Crippen LogP contribution in [-0.4, -0.2) is 56.7 Å². The van der Waals surface area contributed by atoms with Gasteiger partial charge < -0.3 is 24.4 Å². The fourth-order valence-electron chi connectivity index (χ4n) is 3.75. The molecule has 2 amide bonds. The molecule has 0 radical (unpaired) electrons. The zero-order chi connectivity index (χ0) is 23.3. The molecule has 1 saturated heterocycles. The molecule has 0 atom stereocenters. The van der Waals surface area contributed by atoms with Gasteiger partial charge in [0.15, 0.2) is 18.1 Å². The number of aryl methyl sites for hydroxylation is 2. The number of carbonyl (C=O) groups is 2. The van der Waals surface area contributed by atoms with Crippen LogP contribution in [0.1, 0.15) is 34.3 Å². The third-order valence-electron chi connectivity index (χ3n) is 5.60. The number of carbonyl (C=O) groups excluding carboxylic acids is 2. The van der Waals surface area contributed by atoms with Crippen LogP contribution in [0.4, 0.5) is 0 Å². The number of nitrogens with zero attached hydrogens (tertiary/aromatic N) is 1. The van der Waals surface area contributed by atoms with E-state index >= 15 is 0 Å². The molecule has 0 unspecified atom stereocenters. The number of piperidine rings is 1. The van der Waals surface area contributed by atoms with Gasteiger partial charge in [0.05, 0.1) is 14.2 Å². The Morgan fingerprint density at radius 3 is 2.25 bits per heavy atom. The first kappa shape index (κ1) is 23.7. The lowest BCUT2D eigenvalue weighted by atomic mass is 10.0. The van der Waals surface area contributed by atoms with Crippen LogP contribution >= 0.6 is 11.6 Å². The Kier molecular flexibility index (Phi) is 7.85. The molecule has 2 aromatic carbocycles. The van der Waals surface area contributed by atoms with Gasteiger partial charge in [-0.3, -0.25) is 9.59 Å². The van der Waals surface area contributed by atoms with Gasteiger partial charge in [-0.2, -0.15) is 0 Å². The van der Waals surface area contributed by atoms with Crippen LogP contribution in [0.15, 0.2) is 30.3 Å². The highest BCUT2D eigenvalue weighted by molar-refractivity contribution is 6.32. The predicted octanol–water partition coefficient (Wildman–Crippen LogP) is 3.77. The smallest absolute Gasteiger partial charge is 0.260 e. The molecule has 1 N–H and O–H groups in total. The van der Waals surface area contributed by atoms with E-state index in [9.17, 15) is 9.59 Å². The number of likely N-dealkylation sites (tertiary alicyclic amines) is 1. The molecular weight excluding hydrogens is 432 g/mol. The maximum atomic E-state index is 12.6. The molecule has 0 spiro atoms. The van der Waals surface area contributed by atoms with Crippen LogP contribution in [0.2, 0.25) is 5.02 Å². The summed E-state index contributed by atoms with van der Waals surface area (Å²) in [5.74, 6) is 1.47. The van der Waals surface area contributed by atoms with E-state index in [-0.39, 0.29) is 24.5 Å². The van der Waals surface area contributed by atoms with Crippen molar-refractivity contribution in [3.05, 3.63) is 52.0 Å². The highest BCUT2D eigenvalue weighted by atomic mass is 35.5. The van der Waals surface area contributed by atoms with E-state index in [4.69, 9.17) is 25.8 Å². The Bertz CT molecular complexity index is 963. The van der Waals surface area contributed by atoms with Crippen molar-refractivity contribution in [2.45, 2.75) is 32.7 Å². The van der Waals surface area contributed by atoms with Crippen LogP contribution in [0, 0.1) is 13.8 Å². The van der Waals surface area contributed by atoms with Gasteiger partial charge in [-0.05, 0) is 68.1 Å². The molecule has 1 heterocycles. The number of halogens is 1. The van der Waals surface area contributed by atoms with E-state index in [1.54, 1.807) is 30.2 Å².